The molecule has 82 valence electrons. The Balaban J connectivity index is 1.80. The zero-order valence-corrected chi connectivity index (χ0v) is 9.41. The average molecular weight is 196 g/mol. The summed E-state index contributed by atoms with van der Waals surface area (Å²) in [5.41, 5.74) is 5.87. The van der Waals surface area contributed by atoms with E-state index in [9.17, 15) is 0 Å². The summed E-state index contributed by atoms with van der Waals surface area (Å²) in [6.07, 6.45) is 7.02. The quantitative estimate of drug-likeness (QED) is 0.743. The van der Waals surface area contributed by atoms with Gasteiger partial charge in [0.15, 0.2) is 0 Å². The van der Waals surface area contributed by atoms with E-state index in [1.807, 2.05) is 0 Å². The second kappa shape index (κ2) is 4.63. The van der Waals surface area contributed by atoms with E-state index >= 15 is 0 Å². The van der Waals surface area contributed by atoms with Crippen LogP contribution < -0.4 is 5.73 Å². The van der Waals surface area contributed by atoms with Crippen molar-refractivity contribution in [2.45, 2.75) is 45.1 Å². The number of likely N-dealkylation sites (tertiary alicyclic amines) is 1. The number of rotatable bonds is 4. The van der Waals surface area contributed by atoms with Crippen molar-refractivity contribution in [1.29, 1.82) is 0 Å². The van der Waals surface area contributed by atoms with Crippen molar-refractivity contribution in [3.63, 3.8) is 0 Å². The van der Waals surface area contributed by atoms with Gasteiger partial charge in [-0.2, -0.15) is 0 Å². The minimum Gasteiger partial charge on any atom is -0.329 e. The van der Waals surface area contributed by atoms with Crippen LogP contribution in [-0.4, -0.2) is 30.6 Å². The van der Waals surface area contributed by atoms with Gasteiger partial charge in [-0.15, -0.1) is 0 Å². The molecular formula is C12H24N2. The van der Waals surface area contributed by atoms with Gasteiger partial charge in [0.2, 0.25) is 0 Å². The molecule has 2 N–H and O–H groups in total. The lowest BCUT2D eigenvalue weighted by molar-refractivity contribution is 0.121. The summed E-state index contributed by atoms with van der Waals surface area (Å²) in [5, 5.41) is 0. The molecule has 0 spiro atoms. The SMILES string of the molecule is CCC1CCN(C(CN)C2CC2)CC1. The van der Waals surface area contributed by atoms with Gasteiger partial charge in [0.1, 0.15) is 0 Å². The summed E-state index contributed by atoms with van der Waals surface area (Å²) in [6.45, 7) is 5.80. The third-order valence-electron chi connectivity index (χ3n) is 4.10. The first kappa shape index (κ1) is 10.4. The summed E-state index contributed by atoms with van der Waals surface area (Å²) in [5.74, 6) is 1.93. The Kier molecular flexibility index (Phi) is 3.45. The van der Waals surface area contributed by atoms with E-state index in [1.165, 1.54) is 45.2 Å². The molecule has 0 radical (unpaired) electrons. The van der Waals surface area contributed by atoms with E-state index in [4.69, 9.17) is 5.73 Å². The van der Waals surface area contributed by atoms with Gasteiger partial charge in [0.25, 0.3) is 0 Å². The Labute approximate surface area is 87.8 Å². The number of piperidine rings is 1. The molecule has 0 amide bonds. The molecular weight excluding hydrogens is 172 g/mol. The molecule has 1 aliphatic carbocycles. The fourth-order valence-corrected chi connectivity index (χ4v) is 2.81. The number of nitrogens with two attached hydrogens (primary N) is 1. The molecule has 0 bridgehead atoms. The highest BCUT2D eigenvalue weighted by molar-refractivity contribution is 4.90. The maximum atomic E-state index is 5.87. The van der Waals surface area contributed by atoms with Crippen LogP contribution in [0.25, 0.3) is 0 Å². The Morgan fingerprint density at radius 2 is 1.86 bits per heavy atom. The first-order valence-electron chi connectivity index (χ1n) is 6.29. The second-order valence-corrected chi connectivity index (χ2v) is 5.03. The van der Waals surface area contributed by atoms with Crippen molar-refractivity contribution >= 4 is 0 Å². The lowest BCUT2D eigenvalue weighted by Crippen LogP contribution is -2.46. The van der Waals surface area contributed by atoms with Gasteiger partial charge in [-0.05, 0) is 50.6 Å². The molecule has 1 atom stereocenters. The molecule has 2 fully saturated rings. The second-order valence-electron chi connectivity index (χ2n) is 5.03. The smallest absolute Gasteiger partial charge is 0.0246 e. The van der Waals surface area contributed by atoms with Crippen LogP contribution in [0, 0.1) is 11.8 Å². The summed E-state index contributed by atoms with van der Waals surface area (Å²) in [4.78, 5) is 2.66. The molecule has 2 heteroatoms. The van der Waals surface area contributed by atoms with Gasteiger partial charge in [0, 0.05) is 12.6 Å². The van der Waals surface area contributed by atoms with Crippen LogP contribution in [0.4, 0.5) is 0 Å². The molecule has 14 heavy (non-hydrogen) atoms. The van der Waals surface area contributed by atoms with Crippen LogP contribution in [0.1, 0.15) is 39.0 Å². The number of nitrogens with zero attached hydrogens (tertiary/aromatic N) is 1. The van der Waals surface area contributed by atoms with Gasteiger partial charge >= 0.3 is 0 Å². The van der Waals surface area contributed by atoms with Crippen molar-refractivity contribution < 1.29 is 0 Å². The van der Waals surface area contributed by atoms with Crippen LogP contribution in [0.3, 0.4) is 0 Å². The fourth-order valence-electron chi connectivity index (χ4n) is 2.81. The Bertz CT molecular complexity index is 169. The monoisotopic (exact) mass is 196 g/mol. The predicted molar refractivity (Wildman–Crippen MR) is 60.2 cm³/mol. The normalized spacial score (nSPS) is 27.9. The minimum atomic E-state index is 0.716. The maximum Gasteiger partial charge on any atom is 0.0246 e. The van der Waals surface area contributed by atoms with E-state index in [-0.39, 0.29) is 0 Å². The lowest BCUT2D eigenvalue weighted by Gasteiger charge is -2.37. The van der Waals surface area contributed by atoms with Crippen LogP contribution in [0.2, 0.25) is 0 Å². The molecule has 1 heterocycles. The van der Waals surface area contributed by atoms with E-state index < -0.39 is 0 Å². The summed E-state index contributed by atoms with van der Waals surface area (Å²) in [6, 6.07) is 0.716. The van der Waals surface area contributed by atoms with Crippen molar-refractivity contribution in [3.8, 4) is 0 Å². The van der Waals surface area contributed by atoms with Crippen LogP contribution in [-0.2, 0) is 0 Å². The van der Waals surface area contributed by atoms with Gasteiger partial charge in [-0.3, -0.25) is 4.90 Å². The van der Waals surface area contributed by atoms with Crippen LogP contribution in [0.15, 0.2) is 0 Å². The first-order chi connectivity index (χ1) is 6.85. The molecule has 2 rings (SSSR count). The highest BCUT2D eigenvalue weighted by Gasteiger charge is 2.35. The van der Waals surface area contributed by atoms with E-state index in [0.29, 0.717) is 6.04 Å². The van der Waals surface area contributed by atoms with Crippen molar-refractivity contribution in [1.82, 2.24) is 4.90 Å². The van der Waals surface area contributed by atoms with Gasteiger partial charge in [0.05, 0.1) is 0 Å². The molecule has 1 saturated heterocycles. The average Bonchev–Trinajstić information content (AvgIpc) is 3.04. The Hall–Kier alpha value is -0.0800. The number of hydrogen-bond donors (Lipinski definition) is 1. The molecule has 1 aliphatic heterocycles. The van der Waals surface area contributed by atoms with Gasteiger partial charge in [-0.1, -0.05) is 13.3 Å². The highest BCUT2D eigenvalue weighted by Crippen LogP contribution is 2.36. The standard InChI is InChI=1S/C12H24N2/c1-2-10-5-7-14(8-6-10)12(9-13)11-3-4-11/h10-12H,2-9,13H2,1H3. The van der Waals surface area contributed by atoms with Crippen LogP contribution >= 0.6 is 0 Å². The summed E-state index contributed by atoms with van der Waals surface area (Å²) in [7, 11) is 0. The fraction of sp³-hybridized carbons (Fsp3) is 1.00. The topological polar surface area (TPSA) is 29.3 Å². The molecule has 1 saturated carbocycles. The van der Waals surface area contributed by atoms with Gasteiger partial charge < -0.3 is 5.73 Å². The molecule has 1 unspecified atom stereocenters. The highest BCUT2D eigenvalue weighted by atomic mass is 15.2. The maximum absolute atomic E-state index is 5.87. The molecule has 0 aromatic carbocycles. The van der Waals surface area contributed by atoms with E-state index in [2.05, 4.69) is 11.8 Å². The Morgan fingerprint density at radius 1 is 1.21 bits per heavy atom. The predicted octanol–water partition coefficient (Wildman–Crippen LogP) is 1.85. The third kappa shape index (κ3) is 2.29. The van der Waals surface area contributed by atoms with Gasteiger partial charge in [-0.25, -0.2) is 0 Å². The van der Waals surface area contributed by atoms with Crippen LogP contribution in [0.5, 0.6) is 0 Å². The van der Waals surface area contributed by atoms with E-state index in [1.54, 1.807) is 0 Å². The molecule has 2 nitrogen and oxygen atoms in total. The Morgan fingerprint density at radius 3 is 2.29 bits per heavy atom. The van der Waals surface area contributed by atoms with E-state index in [0.717, 1.165) is 18.4 Å². The summed E-state index contributed by atoms with van der Waals surface area (Å²) < 4.78 is 0. The minimum absolute atomic E-state index is 0.716. The van der Waals surface area contributed by atoms with Crippen molar-refractivity contribution in [2.75, 3.05) is 19.6 Å². The first-order valence-corrected chi connectivity index (χ1v) is 6.29. The zero-order valence-electron chi connectivity index (χ0n) is 9.41. The number of hydrogen-bond acceptors (Lipinski definition) is 2. The molecule has 0 aromatic rings. The molecule has 0 aromatic heterocycles. The van der Waals surface area contributed by atoms with Crippen molar-refractivity contribution in [2.24, 2.45) is 17.6 Å². The van der Waals surface area contributed by atoms with Crippen molar-refractivity contribution in [3.05, 3.63) is 0 Å². The summed E-state index contributed by atoms with van der Waals surface area (Å²) >= 11 is 0. The lowest BCUT2D eigenvalue weighted by atomic mass is 9.93. The molecule has 2 aliphatic rings. The largest absolute Gasteiger partial charge is 0.329 e. The zero-order chi connectivity index (χ0) is 9.97. The third-order valence-corrected chi connectivity index (χ3v) is 4.10.